The van der Waals surface area contributed by atoms with Gasteiger partial charge in [0.25, 0.3) is 0 Å². The number of nitrogens with one attached hydrogen (secondary N) is 1. The van der Waals surface area contributed by atoms with Gasteiger partial charge in [0.15, 0.2) is 0 Å². The number of imidazole rings is 1. The highest BCUT2D eigenvalue weighted by atomic mass is 15.3. The Labute approximate surface area is 123 Å². The van der Waals surface area contributed by atoms with E-state index in [1.807, 2.05) is 53.6 Å². The first kappa shape index (κ1) is 13.6. The molecule has 0 saturated carbocycles. The Bertz CT molecular complexity index is 711. The van der Waals surface area contributed by atoms with Gasteiger partial charge in [0.2, 0.25) is 0 Å². The van der Waals surface area contributed by atoms with E-state index in [1.165, 1.54) is 0 Å². The fraction of sp³-hybridized carbons (Fsp3) is 0.250. The molecule has 0 amide bonds. The number of aromatic nitrogens is 4. The summed E-state index contributed by atoms with van der Waals surface area (Å²) in [4.78, 5) is 7.66. The van der Waals surface area contributed by atoms with Crippen molar-refractivity contribution < 1.29 is 0 Å². The lowest BCUT2D eigenvalue weighted by molar-refractivity contribution is 0.494. The Morgan fingerprint density at radius 2 is 1.90 bits per heavy atom. The molecule has 0 fully saturated rings. The minimum atomic E-state index is -0.0806. The van der Waals surface area contributed by atoms with Crippen LogP contribution >= 0.6 is 0 Å². The summed E-state index contributed by atoms with van der Waals surface area (Å²) in [5.41, 5.74) is 9.07. The van der Waals surface area contributed by atoms with Crippen LogP contribution in [-0.4, -0.2) is 19.7 Å². The van der Waals surface area contributed by atoms with E-state index >= 15 is 0 Å². The van der Waals surface area contributed by atoms with E-state index < -0.39 is 0 Å². The number of hydrogen-bond acceptors (Lipinski definition) is 3. The number of rotatable bonds is 4. The van der Waals surface area contributed by atoms with Crippen LogP contribution < -0.4 is 5.73 Å². The zero-order valence-electron chi connectivity index (χ0n) is 12.2. The number of nitrogens with zero attached hydrogens (tertiary/aromatic N) is 3. The van der Waals surface area contributed by atoms with Crippen molar-refractivity contribution in [3.63, 3.8) is 0 Å². The van der Waals surface area contributed by atoms with Crippen molar-refractivity contribution >= 4 is 0 Å². The normalized spacial score (nSPS) is 12.8. The molecule has 0 saturated heterocycles. The maximum atomic E-state index is 6.11. The molecular formula is C16H19N5. The summed E-state index contributed by atoms with van der Waals surface area (Å²) in [6, 6.07) is 9.93. The highest BCUT2D eigenvalue weighted by Crippen LogP contribution is 2.22. The van der Waals surface area contributed by atoms with E-state index in [-0.39, 0.29) is 6.04 Å². The molecule has 5 heteroatoms. The molecule has 2 heterocycles. The van der Waals surface area contributed by atoms with Crippen molar-refractivity contribution in [3.8, 4) is 16.9 Å². The molecule has 2 aromatic heterocycles. The SMILES string of the molecule is CC(C)C(N)c1ncc(-c2cnn(-c3ccccc3)c2)[nH]1. The molecule has 0 aliphatic heterocycles. The summed E-state index contributed by atoms with van der Waals surface area (Å²) in [6.07, 6.45) is 5.61. The standard InChI is InChI=1S/C16H19N5/c1-11(2)15(17)16-18-9-14(20-16)12-8-19-21(10-12)13-6-4-3-5-7-13/h3-11,15H,17H2,1-2H3,(H,18,20). The van der Waals surface area contributed by atoms with Gasteiger partial charge in [-0.25, -0.2) is 9.67 Å². The number of nitrogens with two attached hydrogens (primary N) is 1. The molecule has 0 aliphatic carbocycles. The molecule has 1 atom stereocenters. The van der Waals surface area contributed by atoms with Crippen molar-refractivity contribution in [1.82, 2.24) is 19.7 Å². The van der Waals surface area contributed by atoms with Crippen molar-refractivity contribution in [1.29, 1.82) is 0 Å². The van der Waals surface area contributed by atoms with Crippen LogP contribution in [0.5, 0.6) is 0 Å². The lowest BCUT2D eigenvalue weighted by Crippen LogP contribution is -2.18. The zero-order chi connectivity index (χ0) is 14.8. The molecule has 3 rings (SSSR count). The molecule has 0 bridgehead atoms. The minimum absolute atomic E-state index is 0.0806. The fourth-order valence-electron chi connectivity index (χ4n) is 2.15. The first-order valence-corrected chi connectivity index (χ1v) is 7.06. The lowest BCUT2D eigenvalue weighted by Gasteiger charge is -2.11. The Morgan fingerprint density at radius 3 is 2.62 bits per heavy atom. The maximum Gasteiger partial charge on any atom is 0.123 e. The van der Waals surface area contributed by atoms with Crippen molar-refractivity contribution in [2.45, 2.75) is 19.9 Å². The summed E-state index contributed by atoms with van der Waals surface area (Å²) >= 11 is 0. The highest BCUT2D eigenvalue weighted by Gasteiger charge is 2.15. The molecule has 21 heavy (non-hydrogen) atoms. The van der Waals surface area contributed by atoms with Crippen LogP contribution in [0, 0.1) is 5.92 Å². The first-order valence-electron chi connectivity index (χ1n) is 7.06. The molecular weight excluding hydrogens is 262 g/mol. The predicted molar refractivity (Wildman–Crippen MR) is 82.9 cm³/mol. The van der Waals surface area contributed by atoms with E-state index in [1.54, 1.807) is 0 Å². The number of aromatic amines is 1. The number of hydrogen-bond donors (Lipinski definition) is 2. The van der Waals surface area contributed by atoms with Crippen LogP contribution in [0.3, 0.4) is 0 Å². The number of H-pyrrole nitrogens is 1. The van der Waals surface area contributed by atoms with Crippen molar-refractivity contribution in [2.75, 3.05) is 0 Å². The van der Waals surface area contributed by atoms with Crippen LogP contribution in [0.4, 0.5) is 0 Å². The van der Waals surface area contributed by atoms with Crippen LogP contribution in [0.2, 0.25) is 0 Å². The van der Waals surface area contributed by atoms with E-state index in [0.717, 1.165) is 22.8 Å². The number of para-hydroxylation sites is 1. The Hall–Kier alpha value is -2.40. The summed E-state index contributed by atoms with van der Waals surface area (Å²) in [5, 5.41) is 4.39. The van der Waals surface area contributed by atoms with Crippen LogP contribution in [0.25, 0.3) is 16.9 Å². The van der Waals surface area contributed by atoms with Crippen LogP contribution in [0.15, 0.2) is 48.9 Å². The number of benzene rings is 1. The summed E-state index contributed by atoms with van der Waals surface area (Å²) in [5.74, 6) is 1.16. The summed E-state index contributed by atoms with van der Waals surface area (Å²) < 4.78 is 1.85. The molecule has 0 aliphatic rings. The van der Waals surface area contributed by atoms with Gasteiger partial charge in [0, 0.05) is 11.8 Å². The monoisotopic (exact) mass is 281 g/mol. The van der Waals surface area contributed by atoms with Gasteiger partial charge in [-0.1, -0.05) is 32.0 Å². The summed E-state index contributed by atoms with van der Waals surface area (Å²) in [6.45, 7) is 4.17. The molecule has 0 spiro atoms. The second kappa shape index (κ2) is 5.54. The van der Waals surface area contributed by atoms with E-state index in [0.29, 0.717) is 5.92 Å². The second-order valence-corrected chi connectivity index (χ2v) is 5.46. The van der Waals surface area contributed by atoms with Crippen molar-refractivity contribution in [2.24, 2.45) is 11.7 Å². The smallest absolute Gasteiger partial charge is 0.123 e. The van der Waals surface area contributed by atoms with Gasteiger partial charge >= 0.3 is 0 Å². The van der Waals surface area contributed by atoms with Crippen LogP contribution in [0.1, 0.15) is 25.7 Å². The van der Waals surface area contributed by atoms with Crippen LogP contribution in [-0.2, 0) is 0 Å². The topological polar surface area (TPSA) is 72.5 Å². The average molecular weight is 281 g/mol. The fourth-order valence-corrected chi connectivity index (χ4v) is 2.15. The van der Waals surface area contributed by atoms with Crippen molar-refractivity contribution in [3.05, 3.63) is 54.7 Å². The second-order valence-electron chi connectivity index (χ2n) is 5.46. The van der Waals surface area contributed by atoms with E-state index in [2.05, 4.69) is 28.9 Å². The molecule has 1 unspecified atom stereocenters. The van der Waals surface area contributed by atoms with Gasteiger partial charge in [-0.2, -0.15) is 5.10 Å². The molecule has 3 aromatic rings. The first-order chi connectivity index (χ1) is 10.1. The minimum Gasteiger partial charge on any atom is -0.341 e. The Balaban J connectivity index is 1.87. The zero-order valence-corrected chi connectivity index (χ0v) is 12.2. The Kier molecular flexibility index (Phi) is 3.58. The maximum absolute atomic E-state index is 6.11. The third kappa shape index (κ3) is 2.73. The highest BCUT2D eigenvalue weighted by molar-refractivity contribution is 5.57. The van der Waals surface area contributed by atoms with E-state index in [4.69, 9.17) is 5.73 Å². The van der Waals surface area contributed by atoms with Gasteiger partial charge in [-0.15, -0.1) is 0 Å². The van der Waals surface area contributed by atoms with Gasteiger partial charge < -0.3 is 10.7 Å². The quantitative estimate of drug-likeness (QED) is 0.772. The third-order valence-electron chi connectivity index (χ3n) is 3.54. The molecule has 108 valence electrons. The van der Waals surface area contributed by atoms with Gasteiger partial charge in [-0.05, 0) is 18.1 Å². The van der Waals surface area contributed by atoms with Gasteiger partial charge in [-0.3, -0.25) is 0 Å². The van der Waals surface area contributed by atoms with E-state index in [9.17, 15) is 0 Å². The summed E-state index contributed by atoms with van der Waals surface area (Å²) in [7, 11) is 0. The largest absolute Gasteiger partial charge is 0.341 e. The molecule has 1 aromatic carbocycles. The Morgan fingerprint density at radius 1 is 1.14 bits per heavy atom. The predicted octanol–water partition coefficient (Wildman–Crippen LogP) is 2.92. The average Bonchev–Trinajstić information content (AvgIpc) is 3.16. The molecule has 0 radical (unpaired) electrons. The third-order valence-corrected chi connectivity index (χ3v) is 3.54. The molecule has 5 nitrogen and oxygen atoms in total. The van der Waals surface area contributed by atoms with Gasteiger partial charge in [0.05, 0.1) is 29.8 Å². The molecule has 3 N–H and O–H groups in total. The van der Waals surface area contributed by atoms with Gasteiger partial charge in [0.1, 0.15) is 5.82 Å². The lowest BCUT2D eigenvalue weighted by atomic mass is 10.1.